The second-order valence-corrected chi connectivity index (χ2v) is 7.87. The van der Waals surface area contributed by atoms with Crippen molar-refractivity contribution >= 4 is 33.6 Å². The Morgan fingerprint density at radius 2 is 2.20 bits per heavy atom. The first-order valence-corrected chi connectivity index (χ1v) is 10.9. The van der Waals surface area contributed by atoms with Crippen molar-refractivity contribution in [1.82, 2.24) is 34.8 Å². The highest BCUT2D eigenvalue weighted by molar-refractivity contribution is 9.10. The molecule has 1 aliphatic rings. The summed E-state index contributed by atoms with van der Waals surface area (Å²) in [6.07, 6.45) is 6.32. The van der Waals surface area contributed by atoms with E-state index in [-0.39, 0.29) is 17.9 Å². The van der Waals surface area contributed by atoms with E-state index >= 15 is 0 Å². The van der Waals surface area contributed by atoms with Crippen LogP contribution in [-0.4, -0.2) is 54.9 Å². The first-order valence-electron chi connectivity index (χ1n) is 8.90. The third-order valence-electron chi connectivity index (χ3n) is 4.36. The van der Waals surface area contributed by atoms with Crippen molar-refractivity contribution in [3.63, 3.8) is 0 Å². The SMILES string of the molecule is CSc1ncc(Br)c(C(=O)NC2COCCn3c2nc(-c2ccncn2)cc3=O)n1. The Hall–Kier alpha value is -2.70. The molecule has 1 aliphatic heterocycles. The minimum Gasteiger partial charge on any atom is -0.377 e. The van der Waals surface area contributed by atoms with Crippen molar-refractivity contribution in [3.05, 3.63) is 57.2 Å². The number of nitrogens with one attached hydrogen (secondary N) is 1. The van der Waals surface area contributed by atoms with Crippen molar-refractivity contribution in [3.8, 4) is 11.4 Å². The van der Waals surface area contributed by atoms with Gasteiger partial charge in [-0.25, -0.2) is 24.9 Å². The van der Waals surface area contributed by atoms with Gasteiger partial charge in [0.05, 0.1) is 35.6 Å². The molecule has 1 amide bonds. The van der Waals surface area contributed by atoms with Crippen LogP contribution in [0.1, 0.15) is 22.4 Å². The van der Waals surface area contributed by atoms with Crippen LogP contribution in [0, 0.1) is 0 Å². The van der Waals surface area contributed by atoms with Gasteiger partial charge in [0.15, 0.2) is 5.16 Å². The number of hydrogen-bond donors (Lipinski definition) is 1. The Labute approximate surface area is 183 Å². The predicted octanol–water partition coefficient (Wildman–Crippen LogP) is 1.48. The Kier molecular flexibility index (Phi) is 6.16. The highest BCUT2D eigenvalue weighted by Gasteiger charge is 2.26. The van der Waals surface area contributed by atoms with E-state index in [4.69, 9.17) is 4.74 Å². The molecule has 0 bridgehead atoms. The monoisotopic (exact) mass is 489 g/mol. The van der Waals surface area contributed by atoms with Gasteiger partial charge in [-0.05, 0) is 28.3 Å². The summed E-state index contributed by atoms with van der Waals surface area (Å²) in [6.45, 7) is 0.844. The normalized spacial score (nSPS) is 15.9. The van der Waals surface area contributed by atoms with E-state index in [1.165, 1.54) is 34.9 Å². The van der Waals surface area contributed by atoms with Gasteiger partial charge in [-0.2, -0.15) is 0 Å². The van der Waals surface area contributed by atoms with Gasteiger partial charge in [0, 0.05) is 18.5 Å². The van der Waals surface area contributed by atoms with E-state index in [0.717, 1.165) is 0 Å². The Bertz CT molecular complexity index is 1140. The van der Waals surface area contributed by atoms with Crippen LogP contribution in [0.3, 0.4) is 0 Å². The third kappa shape index (κ3) is 4.25. The van der Waals surface area contributed by atoms with E-state index in [9.17, 15) is 9.59 Å². The molecule has 1 N–H and O–H groups in total. The van der Waals surface area contributed by atoms with Crippen molar-refractivity contribution in [1.29, 1.82) is 0 Å². The van der Waals surface area contributed by atoms with E-state index in [0.29, 0.717) is 40.0 Å². The number of rotatable bonds is 4. The number of fused-ring (bicyclic) bond motifs is 1. The summed E-state index contributed by atoms with van der Waals surface area (Å²) >= 11 is 4.65. The molecule has 30 heavy (non-hydrogen) atoms. The van der Waals surface area contributed by atoms with Crippen LogP contribution in [-0.2, 0) is 11.3 Å². The third-order valence-corrected chi connectivity index (χ3v) is 5.50. The quantitative estimate of drug-likeness (QED) is 0.428. The molecule has 154 valence electrons. The number of carbonyl (C=O) groups excluding carboxylic acids is 1. The molecule has 0 spiro atoms. The molecule has 0 aliphatic carbocycles. The zero-order chi connectivity index (χ0) is 21.1. The molecule has 0 aromatic carbocycles. The summed E-state index contributed by atoms with van der Waals surface area (Å²) < 4.78 is 7.58. The Balaban J connectivity index is 1.71. The van der Waals surface area contributed by atoms with Gasteiger partial charge in [-0.1, -0.05) is 11.8 Å². The lowest BCUT2D eigenvalue weighted by molar-refractivity contribution is 0.0849. The van der Waals surface area contributed by atoms with Gasteiger partial charge in [0.2, 0.25) is 0 Å². The topological polar surface area (TPSA) is 125 Å². The second kappa shape index (κ2) is 8.98. The molecule has 10 nitrogen and oxygen atoms in total. The first-order chi connectivity index (χ1) is 14.6. The van der Waals surface area contributed by atoms with Gasteiger partial charge in [-0.15, -0.1) is 0 Å². The van der Waals surface area contributed by atoms with E-state index in [1.807, 2.05) is 6.26 Å². The zero-order valence-electron chi connectivity index (χ0n) is 15.8. The van der Waals surface area contributed by atoms with Crippen molar-refractivity contribution < 1.29 is 9.53 Å². The van der Waals surface area contributed by atoms with E-state index in [1.54, 1.807) is 12.3 Å². The highest BCUT2D eigenvalue weighted by Crippen LogP contribution is 2.21. The maximum atomic E-state index is 12.9. The molecular formula is C18H16BrN7O3S. The number of amides is 1. The molecule has 0 radical (unpaired) electrons. The largest absolute Gasteiger partial charge is 0.377 e. The minimum absolute atomic E-state index is 0.170. The van der Waals surface area contributed by atoms with Crippen LogP contribution in [0.15, 0.2) is 45.3 Å². The Morgan fingerprint density at radius 3 is 2.97 bits per heavy atom. The number of carbonyl (C=O) groups is 1. The lowest BCUT2D eigenvalue weighted by atomic mass is 10.2. The number of thioether (sulfide) groups is 1. The summed E-state index contributed by atoms with van der Waals surface area (Å²) in [5.74, 6) is -0.0273. The lowest BCUT2D eigenvalue weighted by Crippen LogP contribution is -2.36. The van der Waals surface area contributed by atoms with Gasteiger partial charge in [0.1, 0.15) is 23.9 Å². The van der Waals surface area contributed by atoms with Crippen molar-refractivity contribution in [2.75, 3.05) is 19.5 Å². The molecule has 4 rings (SSSR count). The van der Waals surface area contributed by atoms with Crippen molar-refractivity contribution in [2.24, 2.45) is 0 Å². The fraction of sp³-hybridized carbons (Fsp3) is 0.278. The molecule has 3 aromatic heterocycles. The first kappa shape index (κ1) is 20.6. The molecule has 1 unspecified atom stereocenters. The lowest BCUT2D eigenvalue weighted by Gasteiger charge is -2.19. The van der Waals surface area contributed by atoms with Gasteiger partial charge >= 0.3 is 0 Å². The molecule has 4 heterocycles. The molecule has 12 heteroatoms. The van der Waals surface area contributed by atoms with Gasteiger partial charge in [-0.3, -0.25) is 14.2 Å². The van der Waals surface area contributed by atoms with Crippen LogP contribution < -0.4 is 10.9 Å². The molecular weight excluding hydrogens is 474 g/mol. The maximum Gasteiger partial charge on any atom is 0.271 e. The molecule has 1 atom stereocenters. The van der Waals surface area contributed by atoms with E-state index < -0.39 is 11.9 Å². The van der Waals surface area contributed by atoms with Crippen LogP contribution in [0.2, 0.25) is 0 Å². The molecule has 0 saturated heterocycles. The fourth-order valence-corrected chi connectivity index (χ4v) is 3.67. The van der Waals surface area contributed by atoms with Crippen LogP contribution >= 0.6 is 27.7 Å². The second-order valence-electron chi connectivity index (χ2n) is 6.24. The maximum absolute atomic E-state index is 12.9. The smallest absolute Gasteiger partial charge is 0.271 e. The van der Waals surface area contributed by atoms with Crippen molar-refractivity contribution in [2.45, 2.75) is 17.7 Å². The average Bonchev–Trinajstić information content (AvgIpc) is 2.97. The summed E-state index contributed by atoms with van der Waals surface area (Å²) in [5, 5.41) is 3.35. The van der Waals surface area contributed by atoms with Gasteiger partial charge < -0.3 is 10.1 Å². The summed E-state index contributed by atoms with van der Waals surface area (Å²) in [6, 6.07) is 2.44. The standard InChI is InChI=1S/C18H16BrN7O3S/c1-30-18-21-7-10(19)15(25-18)17(28)24-13-8-29-5-4-26-14(27)6-12(23-16(13)26)11-2-3-20-9-22-11/h2-3,6-7,9,13H,4-5,8H2,1H3,(H,24,28). The number of nitrogens with zero attached hydrogens (tertiary/aromatic N) is 6. The predicted molar refractivity (Wildman–Crippen MR) is 112 cm³/mol. The highest BCUT2D eigenvalue weighted by atomic mass is 79.9. The molecule has 0 fully saturated rings. The van der Waals surface area contributed by atoms with Crippen LogP contribution in [0.4, 0.5) is 0 Å². The summed E-state index contributed by atoms with van der Waals surface area (Å²) in [5.41, 5.74) is 0.872. The molecule has 0 saturated carbocycles. The summed E-state index contributed by atoms with van der Waals surface area (Å²) in [4.78, 5) is 46.7. The number of hydrogen-bond acceptors (Lipinski definition) is 9. The summed E-state index contributed by atoms with van der Waals surface area (Å²) in [7, 11) is 0. The van der Waals surface area contributed by atoms with E-state index in [2.05, 4.69) is 46.2 Å². The van der Waals surface area contributed by atoms with Crippen LogP contribution in [0.25, 0.3) is 11.4 Å². The Morgan fingerprint density at radius 1 is 1.33 bits per heavy atom. The fourth-order valence-electron chi connectivity index (χ4n) is 2.96. The average molecular weight is 490 g/mol. The number of halogens is 1. The minimum atomic E-state index is -0.644. The number of ether oxygens (including phenoxy) is 1. The van der Waals surface area contributed by atoms with Gasteiger partial charge in [0.25, 0.3) is 11.5 Å². The number of aromatic nitrogens is 6. The molecule has 3 aromatic rings. The zero-order valence-corrected chi connectivity index (χ0v) is 18.2. The van der Waals surface area contributed by atoms with Crippen LogP contribution in [0.5, 0.6) is 0 Å².